The van der Waals surface area contributed by atoms with Crippen LogP contribution in [0.25, 0.3) is 0 Å². The molecule has 2 nitrogen and oxygen atoms in total. The SMILES string of the molecule is CC1C(=O)C=CC(Cl)=C1Nc1ccccc1. The maximum Gasteiger partial charge on any atom is 0.164 e. The molecular weight excluding hydrogens is 222 g/mol. The largest absolute Gasteiger partial charge is 0.357 e. The van der Waals surface area contributed by atoms with Crippen molar-refractivity contribution in [1.82, 2.24) is 0 Å². The van der Waals surface area contributed by atoms with E-state index in [9.17, 15) is 4.79 Å². The lowest BCUT2D eigenvalue weighted by Crippen LogP contribution is -2.20. The molecule has 0 aliphatic heterocycles. The third-order valence-electron chi connectivity index (χ3n) is 2.56. The van der Waals surface area contributed by atoms with E-state index in [2.05, 4.69) is 5.32 Å². The Morgan fingerprint density at radius 1 is 1.19 bits per heavy atom. The van der Waals surface area contributed by atoms with Gasteiger partial charge < -0.3 is 5.32 Å². The number of ketones is 1. The Hall–Kier alpha value is -1.54. The number of anilines is 1. The number of nitrogens with one attached hydrogen (secondary N) is 1. The first-order valence-electron chi connectivity index (χ1n) is 5.12. The highest BCUT2D eigenvalue weighted by Crippen LogP contribution is 2.26. The fourth-order valence-corrected chi connectivity index (χ4v) is 1.86. The lowest BCUT2D eigenvalue weighted by atomic mass is 9.97. The number of benzene rings is 1. The molecule has 16 heavy (non-hydrogen) atoms. The topological polar surface area (TPSA) is 29.1 Å². The van der Waals surface area contributed by atoms with Crippen molar-refractivity contribution in [3.63, 3.8) is 0 Å². The number of halogens is 1. The van der Waals surface area contributed by atoms with Gasteiger partial charge in [-0.3, -0.25) is 4.79 Å². The summed E-state index contributed by atoms with van der Waals surface area (Å²) >= 11 is 6.07. The molecule has 3 heteroatoms. The minimum Gasteiger partial charge on any atom is -0.357 e. The van der Waals surface area contributed by atoms with E-state index >= 15 is 0 Å². The number of rotatable bonds is 2. The molecule has 1 atom stereocenters. The first kappa shape index (κ1) is 11.0. The quantitative estimate of drug-likeness (QED) is 0.849. The summed E-state index contributed by atoms with van der Waals surface area (Å²) in [4.78, 5) is 11.5. The zero-order valence-corrected chi connectivity index (χ0v) is 9.66. The summed E-state index contributed by atoms with van der Waals surface area (Å²) in [7, 11) is 0. The Kier molecular flexibility index (Phi) is 3.11. The molecule has 1 aliphatic rings. The molecule has 0 fully saturated rings. The van der Waals surface area contributed by atoms with E-state index in [1.54, 1.807) is 6.08 Å². The van der Waals surface area contributed by atoms with Crippen LogP contribution in [0.4, 0.5) is 5.69 Å². The van der Waals surface area contributed by atoms with Gasteiger partial charge in [-0.1, -0.05) is 29.8 Å². The molecule has 0 bridgehead atoms. The van der Waals surface area contributed by atoms with E-state index in [0.717, 1.165) is 11.4 Å². The predicted molar refractivity (Wildman–Crippen MR) is 66.3 cm³/mol. The van der Waals surface area contributed by atoms with E-state index in [4.69, 9.17) is 11.6 Å². The van der Waals surface area contributed by atoms with Gasteiger partial charge in [0, 0.05) is 11.4 Å². The Morgan fingerprint density at radius 2 is 1.88 bits per heavy atom. The fourth-order valence-electron chi connectivity index (χ4n) is 1.58. The van der Waals surface area contributed by atoms with E-state index < -0.39 is 0 Å². The van der Waals surface area contributed by atoms with Crippen LogP contribution in [0.5, 0.6) is 0 Å². The van der Waals surface area contributed by atoms with Crippen LogP contribution in [0, 0.1) is 5.92 Å². The molecule has 1 aromatic rings. The van der Waals surface area contributed by atoms with Gasteiger partial charge in [0.1, 0.15) is 0 Å². The van der Waals surface area contributed by atoms with Crippen molar-refractivity contribution in [2.24, 2.45) is 5.92 Å². The minimum atomic E-state index is -0.210. The molecule has 2 rings (SSSR count). The lowest BCUT2D eigenvalue weighted by molar-refractivity contribution is -0.116. The molecule has 0 aromatic heterocycles. The van der Waals surface area contributed by atoms with E-state index in [1.807, 2.05) is 37.3 Å². The first-order chi connectivity index (χ1) is 7.68. The third kappa shape index (κ3) is 2.17. The van der Waals surface area contributed by atoms with Crippen LogP contribution >= 0.6 is 11.6 Å². The fraction of sp³-hybridized carbons (Fsp3) is 0.154. The van der Waals surface area contributed by atoms with E-state index in [-0.39, 0.29) is 11.7 Å². The van der Waals surface area contributed by atoms with Gasteiger partial charge >= 0.3 is 0 Å². The van der Waals surface area contributed by atoms with Gasteiger partial charge in [0.2, 0.25) is 0 Å². The number of hydrogen-bond acceptors (Lipinski definition) is 2. The number of hydrogen-bond donors (Lipinski definition) is 1. The molecule has 82 valence electrons. The van der Waals surface area contributed by atoms with Crippen molar-refractivity contribution >= 4 is 23.1 Å². The molecule has 1 aromatic carbocycles. The van der Waals surface area contributed by atoms with Crippen LogP contribution in [0.1, 0.15) is 6.92 Å². The first-order valence-corrected chi connectivity index (χ1v) is 5.50. The Morgan fingerprint density at radius 3 is 2.56 bits per heavy atom. The summed E-state index contributed by atoms with van der Waals surface area (Å²) in [5, 5.41) is 3.78. The highest BCUT2D eigenvalue weighted by Gasteiger charge is 2.21. The smallest absolute Gasteiger partial charge is 0.164 e. The highest BCUT2D eigenvalue weighted by molar-refractivity contribution is 6.32. The zero-order chi connectivity index (χ0) is 11.5. The average molecular weight is 234 g/mol. The van der Waals surface area contributed by atoms with Crippen molar-refractivity contribution in [2.45, 2.75) is 6.92 Å². The molecule has 1 aliphatic carbocycles. The second kappa shape index (κ2) is 4.54. The van der Waals surface area contributed by atoms with Crippen LogP contribution < -0.4 is 5.32 Å². The average Bonchev–Trinajstić information content (AvgIpc) is 2.31. The van der Waals surface area contributed by atoms with Gasteiger partial charge in [0.05, 0.1) is 11.0 Å². The second-order valence-corrected chi connectivity index (χ2v) is 4.12. The predicted octanol–water partition coefficient (Wildman–Crippen LogP) is 3.32. The molecule has 0 amide bonds. The summed E-state index contributed by atoms with van der Waals surface area (Å²) in [6.45, 7) is 1.85. The normalized spacial score (nSPS) is 20.1. The van der Waals surface area contributed by atoms with Crippen molar-refractivity contribution < 1.29 is 4.79 Å². The molecule has 0 saturated carbocycles. The minimum absolute atomic E-state index is 0.0721. The third-order valence-corrected chi connectivity index (χ3v) is 2.89. The second-order valence-electron chi connectivity index (χ2n) is 3.71. The van der Waals surface area contributed by atoms with Crippen molar-refractivity contribution in [1.29, 1.82) is 0 Å². The number of para-hydroxylation sites is 1. The summed E-state index contributed by atoms with van der Waals surface area (Å²) in [5.41, 5.74) is 1.70. The maximum absolute atomic E-state index is 11.5. The molecule has 0 radical (unpaired) electrons. The molecule has 1 N–H and O–H groups in total. The summed E-state index contributed by atoms with van der Waals surface area (Å²) < 4.78 is 0. The van der Waals surface area contributed by atoms with Gasteiger partial charge in [0.25, 0.3) is 0 Å². The number of carbonyl (C=O) groups is 1. The standard InChI is InChI=1S/C13H12ClNO/c1-9-12(16)8-7-11(14)13(9)15-10-5-3-2-4-6-10/h2-9,15H,1H3. The van der Waals surface area contributed by atoms with Gasteiger partial charge in [-0.15, -0.1) is 0 Å². The molecule has 1 unspecified atom stereocenters. The van der Waals surface area contributed by atoms with Crippen molar-refractivity contribution in [3.05, 3.63) is 53.2 Å². The van der Waals surface area contributed by atoms with Crippen LogP contribution in [-0.2, 0) is 4.79 Å². The summed E-state index contributed by atoms with van der Waals surface area (Å²) in [6.07, 6.45) is 3.15. The van der Waals surface area contributed by atoms with Crippen LogP contribution in [0.2, 0.25) is 0 Å². The van der Waals surface area contributed by atoms with Gasteiger partial charge in [-0.05, 0) is 31.2 Å². The Bertz CT molecular complexity index is 462. The number of carbonyl (C=O) groups excluding carboxylic acids is 1. The van der Waals surface area contributed by atoms with Crippen molar-refractivity contribution in [2.75, 3.05) is 5.32 Å². The Balaban J connectivity index is 2.27. The van der Waals surface area contributed by atoms with Crippen molar-refractivity contribution in [3.8, 4) is 0 Å². The van der Waals surface area contributed by atoms with E-state index in [0.29, 0.717) is 5.03 Å². The Labute approximate surface area is 99.6 Å². The van der Waals surface area contributed by atoms with Crippen LogP contribution in [0.3, 0.4) is 0 Å². The lowest BCUT2D eigenvalue weighted by Gasteiger charge is -2.20. The molecule has 0 saturated heterocycles. The van der Waals surface area contributed by atoms with Crippen LogP contribution in [0.15, 0.2) is 53.2 Å². The number of allylic oxidation sites excluding steroid dienone is 4. The summed E-state index contributed by atoms with van der Waals surface area (Å²) in [6, 6.07) is 9.68. The zero-order valence-electron chi connectivity index (χ0n) is 8.91. The monoisotopic (exact) mass is 233 g/mol. The van der Waals surface area contributed by atoms with Gasteiger partial charge in [-0.2, -0.15) is 0 Å². The molecule has 0 heterocycles. The van der Waals surface area contributed by atoms with Gasteiger partial charge in [0.15, 0.2) is 5.78 Å². The van der Waals surface area contributed by atoms with E-state index in [1.165, 1.54) is 6.08 Å². The molecular formula is C13H12ClNO. The summed E-state index contributed by atoms with van der Waals surface area (Å²) in [5.74, 6) is -0.138. The maximum atomic E-state index is 11.5. The highest BCUT2D eigenvalue weighted by atomic mass is 35.5. The van der Waals surface area contributed by atoms with Crippen LogP contribution in [-0.4, -0.2) is 5.78 Å². The molecule has 0 spiro atoms. The van der Waals surface area contributed by atoms with Gasteiger partial charge in [-0.25, -0.2) is 0 Å².